The Morgan fingerprint density at radius 2 is 2.27 bits per heavy atom. The maximum atomic E-state index is 5.52. The number of hydrogen-bond acceptors (Lipinski definition) is 2. The van der Waals surface area contributed by atoms with Gasteiger partial charge in [-0.05, 0) is 53.9 Å². The molecule has 15 heavy (non-hydrogen) atoms. The molecule has 2 rings (SSSR count). The molecule has 84 valence electrons. The van der Waals surface area contributed by atoms with E-state index in [0.29, 0.717) is 0 Å². The van der Waals surface area contributed by atoms with Crippen LogP contribution in [0.4, 0.5) is 0 Å². The molecule has 0 saturated heterocycles. The summed E-state index contributed by atoms with van der Waals surface area (Å²) in [6, 6.07) is 4.73. The van der Waals surface area contributed by atoms with E-state index in [2.05, 4.69) is 34.8 Å². The summed E-state index contributed by atoms with van der Waals surface area (Å²) in [4.78, 5) is 2.42. The van der Waals surface area contributed by atoms with Crippen molar-refractivity contribution >= 4 is 15.9 Å². The quantitative estimate of drug-likeness (QED) is 0.834. The lowest BCUT2D eigenvalue weighted by Crippen LogP contribution is -2.32. The van der Waals surface area contributed by atoms with Crippen LogP contribution < -0.4 is 0 Å². The summed E-state index contributed by atoms with van der Waals surface area (Å²) in [5.41, 5.74) is 0. The average Bonchev–Trinajstić information content (AvgIpc) is 2.75. The summed E-state index contributed by atoms with van der Waals surface area (Å²) in [5, 5.41) is 0. The van der Waals surface area contributed by atoms with Gasteiger partial charge in [-0.1, -0.05) is 13.3 Å². The predicted octanol–water partition coefficient (Wildman–Crippen LogP) is 3.66. The molecule has 0 aliphatic heterocycles. The lowest BCUT2D eigenvalue weighted by molar-refractivity contribution is 0.184. The number of nitrogens with zero attached hydrogens (tertiary/aromatic N) is 1. The molecule has 1 fully saturated rings. The van der Waals surface area contributed by atoms with Crippen LogP contribution in [-0.2, 0) is 6.54 Å². The van der Waals surface area contributed by atoms with Crippen LogP contribution in [0.15, 0.2) is 21.2 Å². The molecular weight excluding hydrogens is 254 g/mol. The van der Waals surface area contributed by atoms with Crippen molar-refractivity contribution in [2.45, 2.75) is 38.8 Å². The Balaban J connectivity index is 1.94. The van der Waals surface area contributed by atoms with Crippen molar-refractivity contribution in [2.24, 2.45) is 5.92 Å². The summed E-state index contributed by atoms with van der Waals surface area (Å²) in [5.74, 6) is 1.87. The lowest BCUT2D eigenvalue weighted by atomic mass is 10.1. The van der Waals surface area contributed by atoms with Gasteiger partial charge in [0.15, 0.2) is 4.67 Å². The Bertz CT molecular complexity index is 323. The molecule has 1 aliphatic carbocycles. The van der Waals surface area contributed by atoms with E-state index in [9.17, 15) is 0 Å². The third-order valence-electron chi connectivity index (χ3n) is 3.42. The summed E-state index contributed by atoms with van der Waals surface area (Å²) in [6.45, 7) is 3.27. The second-order valence-electron chi connectivity index (χ2n) is 4.60. The van der Waals surface area contributed by atoms with E-state index in [4.69, 9.17) is 4.42 Å². The standard InChI is InChI=1S/C12H18BrNO/c1-9-4-3-5-11(9)14(2)8-10-6-7-12(13)15-10/h6-7,9,11H,3-5,8H2,1-2H3. The number of hydrogen-bond donors (Lipinski definition) is 0. The molecule has 2 atom stereocenters. The molecule has 1 aromatic rings. The van der Waals surface area contributed by atoms with Crippen LogP contribution in [0, 0.1) is 5.92 Å². The third kappa shape index (κ3) is 2.64. The van der Waals surface area contributed by atoms with Crippen molar-refractivity contribution in [3.8, 4) is 0 Å². The molecule has 0 radical (unpaired) electrons. The first kappa shape index (κ1) is 11.2. The molecule has 1 aliphatic rings. The van der Waals surface area contributed by atoms with Crippen molar-refractivity contribution in [3.05, 3.63) is 22.6 Å². The molecule has 1 saturated carbocycles. The number of rotatable bonds is 3. The fourth-order valence-electron chi connectivity index (χ4n) is 2.58. The molecule has 0 aromatic carbocycles. The fourth-order valence-corrected chi connectivity index (χ4v) is 2.92. The Kier molecular flexibility index (Phi) is 3.52. The Hall–Kier alpha value is -0.280. The third-order valence-corrected chi connectivity index (χ3v) is 3.84. The highest BCUT2D eigenvalue weighted by Crippen LogP contribution is 2.29. The SMILES string of the molecule is CC1CCCC1N(C)Cc1ccc(Br)o1. The van der Waals surface area contributed by atoms with Gasteiger partial charge in [0, 0.05) is 6.04 Å². The lowest BCUT2D eigenvalue weighted by Gasteiger charge is -2.26. The summed E-state index contributed by atoms with van der Waals surface area (Å²) in [6.07, 6.45) is 4.08. The molecule has 1 heterocycles. The second kappa shape index (κ2) is 4.71. The van der Waals surface area contributed by atoms with E-state index >= 15 is 0 Å². The Labute approximate surface area is 99.8 Å². The highest BCUT2D eigenvalue weighted by atomic mass is 79.9. The smallest absolute Gasteiger partial charge is 0.169 e. The zero-order valence-electron chi connectivity index (χ0n) is 9.37. The van der Waals surface area contributed by atoms with Crippen molar-refractivity contribution < 1.29 is 4.42 Å². The van der Waals surface area contributed by atoms with Gasteiger partial charge in [0.2, 0.25) is 0 Å². The molecule has 0 spiro atoms. The van der Waals surface area contributed by atoms with Crippen molar-refractivity contribution in [2.75, 3.05) is 7.05 Å². The number of furan rings is 1. The molecule has 2 nitrogen and oxygen atoms in total. The average molecular weight is 272 g/mol. The minimum absolute atomic E-state index is 0.730. The largest absolute Gasteiger partial charge is 0.453 e. The number of halogens is 1. The molecule has 2 unspecified atom stereocenters. The van der Waals surface area contributed by atoms with Gasteiger partial charge in [0.25, 0.3) is 0 Å². The van der Waals surface area contributed by atoms with E-state index in [1.54, 1.807) is 0 Å². The molecular formula is C12H18BrNO. The van der Waals surface area contributed by atoms with E-state index < -0.39 is 0 Å². The van der Waals surface area contributed by atoms with Crippen LogP contribution in [0.2, 0.25) is 0 Å². The van der Waals surface area contributed by atoms with Gasteiger partial charge in [0.05, 0.1) is 6.54 Å². The van der Waals surface area contributed by atoms with E-state index in [0.717, 1.165) is 28.9 Å². The van der Waals surface area contributed by atoms with Crippen LogP contribution in [0.1, 0.15) is 31.9 Å². The van der Waals surface area contributed by atoms with Crippen LogP contribution in [0.5, 0.6) is 0 Å². The summed E-state index contributed by atoms with van der Waals surface area (Å²) >= 11 is 3.33. The maximum Gasteiger partial charge on any atom is 0.169 e. The summed E-state index contributed by atoms with van der Waals surface area (Å²) in [7, 11) is 2.20. The van der Waals surface area contributed by atoms with E-state index in [1.807, 2.05) is 12.1 Å². The molecule has 1 aromatic heterocycles. The molecule has 0 amide bonds. The van der Waals surface area contributed by atoms with Gasteiger partial charge >= 0.3 is 0 Å². The normalized spacial score (nSPS) is 26.4. The van der Waals surface area contributed by atoms with Crippen LogP contribution >= 0.6 is 15.9 Å². The van der Waals surface area contributed by atoms with Crippen LogP contribution in [0.3, 0.4) is 0 Å². The van der Waals surface area contributed by atoms with Gasteiger partial charge in [-0.25, -0.2) is 0 Å². The predicted molar refractivity (Wildman–Crippen MR) is 64.7 cm³/mol. The monoisotopic (exact) mass is 271 g/mol. The molecule has 3 heteroatoms. The van der Waals surface area contributed by atoms with E-state index in [1.165, 1.54) is 19.3 Å². The summed E-state index contributed by atoms with van der Waals surface area (Å²) < 4.78 is 6.35. The minimum Gasteiger partial charge on any atom is -0.453 e. The van der Waals surface area contributed by atoms with Gasteiger partial charge in [-0.3, -0.25) is 4.90 Å². The maximum absolute atomic E-state index is 5.52. The van der Waals surface area contributed by atoms with Gasteiger partial charge < -0.3 is 4.42 Å². The van der Waals surface area contributed by atoms with Gasteiger partial charge in [0.1, 0.15) is 5.76 Å². The van der Waals surface area contributed by atoms with Gasteiger partial charge in [-0.15, -0.1) is 0 Å². The van der Waals surface area contributed by atoms with E-state index in [-0.39, 0.29) is 0 Å². The Morgan fingerprint density at radius 3 is 2.80 bits per heavy atom. The van der Waals surface area contributed by atoms with Crippen LogP contribution in [0.25, 0.3) is 0 Å². The zero-order chi connectivity index (χ0) is 10.8. The highest BCUT2D eigenvalue weighted by molar-refractivity contribution is 9.10. The zero-order valence-corrected chi connectivity index (χ0v) is 11.0. The molecule has 0 N–H and O–H groups in total. The van der Waals surface area contributed by atoms with Crippen molar-refractivity contribution in [1.82, 2.24) is 4.90 Å². The highest BCUT2D eigenvalue weighted by Gasteiger charge is 2.27. The first-order valence-electron chi connectivity index (χ1n) is 5.61. The van der Waals surface area contributed by atoms with Crippen molar-refractivity contribution in [3.63, 3.8) is 0 Å². The first-order valence-corrected chi connectivity index (χ1v) is 6.40. The molecule has 0 bridgehead atoms. The Morgan fingerprint density at radius 1 is 1.47 bits per heavy atom. The fraction of sp³-hybridized carbons (Fsp3) is 0.667. The minimum atomic E-state index is 0.730. The van der Waals surface area contributed by atoms with Gasteiger partial charge in [-0.2, -0.15) is 0 Å². The topological polar surface area (TPSA) is 16.4 Å². The van der Waals surface area contributed by atoms with Crippen LogP contribution in [-0.4, -0.2) is 18.0 Å². The van der Waals surface area contributed by atoms with Crippen molar-refractivity contribution in [1.29, 1.82) is 0 Å². The first-order chi connectivity index (χ1) is 7.16. The second-order valence-corrected chi connectivity index (χ2v) is 5.38.